The Labute approximate surface area is 160 Å². The van der Waals surface area contributed by atoms with Gasteiger partial charge in [0.1, 0.15) is 5.75 Å². The molecule has 0 spiro atoms. The second-order valence-corrected chi connectivity index (χ2v) is 7.89. The van der Waals surface area contributed by atoms with Crippen molar-refractivity contribution in [2.45, 2.75) is 6.92 Å². The first-order valence-corrected chi connectivity index (χ1v) is 9.37. The zero-order valence-electron chi connectivity index (χ0n) is 12.5. The van der Waals surface area contributed by atoms with E-state index in [1.165, 1.54) is 11.8 Å². The summed E-state index contributed by atoms with van der Waals surface area (Å²) >= 11 is 7.91. The summed E-state index contributed by atoms with van der Waals surface area (Å²) in [6.45, 7) is 1.97. The minimum Gasteiger partial charge on any atom is -0.506 e. The summed E-state index contributed by atoms with van der Waals surface area (Å²) in [7, 11) is 0. The predicted molar refractivity (Wildman–Crippen MR) is 105 cm³/mol. The number of para-hydroxylation sites is 1. The number of amidine groups is 1. The smallest absolute Gasteiger partial charge is 0.264 e. The average Bonchev–Trinajstić information content (AvgIpc) is 2.86. The van der Waals surface area contributed by atoms with E-state index in [-0.39, 0.29) is 11.7 Å². The third-order valence-electron chi connectivity index (χ3n) is 3.33. The van der Waals surface area contributed by atoms with E-state index in [2.05, 4.69) is 42.2 Å². The molecule has 0 atom stereocenters. The van der Waals surface area contributed by atoms with Crippen molar-refractivity contribution in [1.29, 1.82) is 0 Å². The molecule has 2 aromatic carbocycles. The van der Waals surface area contributed by atoms with Crippen LogP contribution in [0.3, 0.4) is 0 Å². The lowest BCUT2D eigenvalue weighted by Gasteiger charge is -2.03. The molecule has 122 valence electrons. The molecule has 1 heterocycles. The fourth-order valence-corrected chi connectivity index (χ4v) is 4.20. The normalized spacial score (nSPS) is 17.5. The number of phenols is 1. The highest BCUT2D eigenvalue weighted by molar-refractivity contribution is 9.11. The highest BCUT2D eigenvalue weighted by Crippen LogP contribution is 2.36. The molecular formula is C17H12Br2N2O2S. The van der Waals surface area contributed by atoms with Gasteiger partial charge < -0.3 is 10.4 Å². The topological polar surface area (TPSA) is 61.7 Å². The number of aliphatic imine (C=N–C) groups is 1. The van der Waals surface area contributed by atoms with E-state index in [0.717, 1.165) is 15.7 Å². The monoisotopic (exact) mass is 466 g/mol. The lowest BCUT2D eigenvalue weighted by Crippen LogP contribution is -2.19. The number of benzene rings is 2. The van der Waals surface area contributed by atoms with Crippen LogP contribution in [-0.4, -0.2) is 16.2 Å². The number of carbonyl (C=O) groups excluding carboxylic acids is 1. The van der Waals surface area contributed by atoms with Crippen molar-refractivity contribution in [3.05, 3.63) is 61.4 Å². The van der Waals surface area contributed by atoms with Gasteiger partial charge in [-0.15, -0.1) is 0 Å². The first-order valence-electron chi connectivity index (χ1n) is 6.97. The standard InChI is InChI=1S/C17H12Br2N2O2S/c1-9-4-2-3-5-13(9)20-17-21-16(23)14(24-17)7-10-6-11(18)8-12(19)15(10)22/h2-8,22H,1H3,(H,20,21,23)/b14-7-. The van der Waals surface area contributed by atoms with Crippen LogP contribution in [0.1, 0.15) is 11.1 Å². The lowest BCUT2D eigenvalue weighted by molar-refractivity contribution is -0.115. The van der Waals surface area contributed by atoms with Gasteiger partial charge in [0.05, 0.1) is 15.1 Å². The number of phenolic OH excluding ortho intramolecular Hbond substituents is 1. The summed E-state index contributed by atoms with van der Waals surface area (Å²) in [4.78, 5) is 17.1. The maximum absolute atomic E-state index is 12.2. The van der Waals surface area contributed by atoms with E-state index in [9.17, 15) is 9.90 Å². The van der Waals surface area contributed by atoms with Crippen LogP contribution in [-0.2, 0) is 4.79 Å². The number of halogens is 2. The minimum atomic E-state index is -0.233. The number of aromatic hydroxyl groups is 1. The van der Waals surface area contributed by atoms with Gasteiger partial charge in [0.25, 0.3) is 5.91 Å². The Balaban J connectivity index is 1.92. The van der Waals surface area contributed by atoms with Crippen LogP contribution >= 0.6 is 43.6 Å². The summed E-state index contributed by atoms with van der Waals surface area (Å²) in [6, 6.07) is 11.2. The van der Waals surface area contributed by atoms with Gasteiger partial charge in [0.15, 0.2) is 5.17 Å². The molecule has 1 aliphatic heterocycles. The summed E-state index contributed by atoms with van der Waals surface area (Å²) < 4.78 is 1.36. The first-order chi connectivity index (χ1) is 11.4. The van der Waals surface area contributed by atoms with Crippen molar-refractivity contribution in [3.8, 4) is 5.75 Å². The number of aryl methyl sites for hydroxylation is 1. The number of hydrogen-bond donors (Lipinski definition) is 2. The SMILES string of the molecule is Cc1ccccc1N=C1NC(=O)/C(=C/c2cc(Br)cc(Br)c2O)S1. The van der Waals surface area contributed by atoms with Crippen LogP contribution in [0.15, 0.2) is 55.2 Å². The van der Waals surface area contributed by atoms with Gasteiger partial charge in [-0.1, -0.05) is 34.1 Å². The van der Waals surface area contributed by atoms with Crippen molar-refractivity contribution < 1.29 is 9.90 Å². The molecule has 1 amide bonds. The molecule has 0 bridgehead atoms. The van der Waals surface area contributed by atoms with Crippen molar-refractivity contribution in [1.82, 2.24) is 5.32 Å². The second-order valence-electron chi connectivity index (χ2n) is 5.09. The molecule has 24 heavy (non-hydrogen) atoms. The maximum atomic E-state index is 12.2. The average molecular weight is 468 g/mol. The van der Waals surface area contributed by atoms with E-state index < -0.39 is 0 Å². The molecule has 0 unspecified atom stereocenters. The van der Waals surface area contributed by atoms with E-state index in [0.29, 0.717) is 20.1 Å². The van der Waals surface area contributed by atoms with E-state index in [4.69, 9.17) is 0 Å². The molecule has 2 N–H and O–H groups in total. The molecule has 0 saturated carbocycles. The second kappa shape index (κ2) is 7.13. The summed E-state index contributed by atoms with van der Waals surface area (Å²) in [6.07, 6.45) is 1.64. The Morgan fingerprint density at radius 2 is 2.00 bits per heavy atom. The van der Waals surface area contributed by atoms with Gasteiger partial charge in [0, 0.05) is 10.0 Å². The largest absolute Gasteiger partial charge is 0.506 e. The molecule has 1 aliphatic rings. The van der Waals surface area contributed by atoms with Crippen LogP contribution < -0.4 is 5.32 Å². The van der Waals surface area contributed by atoms with Gasteiger partial charge in [-0.05, 0) is 64.5 Å². The molecule has 0 radical (unpaired) electrons. The number of nitrogens with one attached hydrogen (secondary N) is 1. The third kappa shape index (κ3) is 3.74. The summed E-state index contributed by atoms with van der Waals surface area (Å²) in [5, 5.41) is 13.4. The van der Waals surface area contributed by atoms with Crippen molar-refractivity contribution in [3.63, 3.8) is 0 Å². The summed E-state index contributed by atoms with van der Waals surface area (Å²) in [5.41, 5.74) is 2.39. The number of carbonyl (C=O) groups is 1. The van der Waals surface area contributed by atoms with Gasteiger partial charge >= 0.3 is 0 Å². The number of thioether (sulfide) groups is 1. The fraction of sp³-hybridized carbons (Fsp3) is 0.0588. The molecule has 4 nitrogen and oxygen atoms in total. The molecule has 0 aromatic heterocycles. The van der Waals surface area contributed by atoms with Gasteiger partial charge in [-0.2, -0.15) is 0 Å². The number of rotatable bonds is 2. The fourth-order valence-electron chi connectivity index (χ4n) is 2.12. The summed E-state index contributed by atoms with van der Waals surface area (Å²) in [5.74, 6) is -0.147. The van der Waals surface area contributed by atoms with Crippen molar-refractivity contribution in [2.24, 2.45) is 4.99 Å². The van der Waals surface area contributed by atoms with Crippen molar-refractivity contribution in [2.75, 3.05) is 0 Å². The third-order valence-corrected chi connectivity index (χ3v) is 5.30. The van der Waals surface area contributed by atoms with Crippen LogP contribution in [0.5, 0.6) is 5.75 Å². The van der Waals surface area contributed by atoms with E-state index in [1.807, 2.05) is 31.2 Å². The van der Waals surface area contributed by atoms with Crippen LogP contribution in [0, 0.1) is 6.92 Å². The highest BCUT2D eigenvalue weighted by Gasteiger charge is 2.24. The lowest BCUT2D eigenvalue weighted by atomic mass is 10.2. The Kier molecular flexibility index (Phi) is 5.12. The van der Waals surface area contributed by atoms with E-state index >= 15 is 0 Å². The van der Waals surface area contributed by atoms with Gasteiger partial charge in [0.2, 0.25) is 0 Å². The Morgan fingerprint density at radius 1 is 1.25 bits per heavy atom. The zero-order chi connectivity index (χ0) is 17.3. The molecule has 1 saturated heterocycles. The van der Waals surface area contributed by atoms with Crippen LogP contribution in [0.2, 0.25) is 0 Å². The van der Waals surface area contributed by atoms with Crippen molar-refractivity contribution >= 4 is 66.5 Å². The Hall–Kier alpha value is -1.57. The van der Waals surface area contributed by atoms with E-state index in [1.54, 1.807) is 18.2 Å². The number of nitrogens with zero attached hydrogens (tertiary/aromatic N) is 1. The van der Waals surface area contributed by atoms with Gasteiger partial charge in [-0.25, -0.2) is 4.99 Å². The predicted octanol–water partition coefficient (Wildman–Crippen LogP) is 5.12. The number of amides is 1. The molecular weight excluding hydrogens is 456 g/mol. The molecule has 3 rings (SSSR count). The maximum Gasteiger partial charge on any atom is 0.264 e. The first kappa shape index (κ1) is 17.3. The Morgan fingerprint density at radius 3 is 2.75 bits per heavy atom. The Bertz CT molecular complexity index is 894. The minimum absolute atomic E-state index is 0.0865. The van der Waals surface area contributed by atoms with Crippen LogP contribution in [0.4, 0.5) is 5.69 Å². The quantitative estimate of drug-likeness (QED) is 0.602. The number of hydrogen-bond acceptors (Lipinski definition) is 4. The molecule has 2 aromatic rings. The molecule has 1 fully saturated rings. The zero-order valence-corrected chi connectivity index (χ0v) is 16.5. The molecule has 7 heteroatoms. The highest BCUT2D eigenvalue weighted by atomic mass is 79.9. The van der Waals surface area contributed by atoms with Crippen LogP contribution in [0.25, 0.3) is 6.08 Å². The molecule has 0 aliphatic carbocycles. The van der Waals surface area contributed by atoms with Gasteiger partial charge in [-0.3, -0.25) is 4.79 Å².